The molecule has 15 heavy (non-hydrogen) atoms. The van der Waals surface area contributed by atoms with Gasteiger partial charge in [0.05, 0.1) is 13.2 Å². The molecule has 0 heterocycles. The fraction of sp³-hybridized carbons (Fsp3) is 0.455. The third kappa shape index (κ3) is 2.92. The molecule has 0 aliphatic rings. The Morgan fingerprint density at radius 3 is 2.53 bits per heavy atom. The van der Waals surface area contributed by atoms with E-state index in [1.54, 1.807) is 19.2 Å². The number of aryl methyl sites for hydroxylation is 1. The maximum absolute atomic E-state index is 9.75. The summed E-state index contributed by atoms with van der Waals surface area (Å²) < 4.78 is 5.08. The molecule has 0 radical (unpaired) electrons. The Labute approximate surface area is 89.3 Å². The van der Waals surface area contributed by atoms with Crippen molar-refractivity contribution in [1.29, 1.82) is 0 Å². The zero-order valence-electron chi connectivity index (χ0n) is 8.97. The van der Waals surface area contributed by atoms with E-state index in [2.05, 4.69) is 0 Å². The Bertz CT molecular complexity index is 328. The molecule has 0 bridgehead atoms. The largest absolute Gasteiger partial charge is 0.497 e. The van der Waals surface area contributed by atoms with E-state index >= 15 is 0 Å². The maximum atomic E-state index is 9.75. The van der Waals surface area contributed by atoms with Gasteiger partial charge in [0.2, 0.25) is 0 Å². The van der Waals surface area contributed by atoms with Crippen molar-refractivity contribution in [2.24, 2.45) is 5.73 Å². The number of methoxy groups -OCH3 is 1. The zero-order chi connectivity index (χ0) is 11.4. The molecule has 4 nitrogen and oxygen atoms in total. The van der Waals surface area contributed by atoms with Crippen molar-refractivity contribution in [2.75, 3.05) is 13.7 Å². The summed E-state index contributed by atoms with van der Waals surface area (Å²) in [4.78, 5) is 0. The van der Waals surface area contributed by atoms with Gasteiger partial charge in [0.25, 0.3) is 0 Å². The standard InChI is InChI=1S/C11H17NO3/c1-7-3-8(5-9(4-7)15-2)11(14)10(13)6-12/h3-5,10-11,13-14H,6,12H2,1-2H3. The van der Waals surface area contributed by atoms with E-state index in [0.29, 0.717) is 11.3 Å². The predicted molar refractivity (Wildman–Crippen MR) is 57.8 cm³/mol. The second-order valence-corrected chi connectivity index (χ2v) is 3.53. The van der Waals surface area contributed by atoms with Gasteiger partial charge in [0, 0.05) is 6.54 Å². The van der Waals surface area contributed by atoms with E-state index < -0.39 is 12.2 Å². The fourth-order valence-corrected chi connectivity index (χ4v) is 1.42. The topological polar surface area (TPSA) is 75.7 Å². The van der Waals surface area contributed by atoms with Crippen LogP contribution in [-0.2, 0) is 0 Å². The number of hydrogen-bond acceptors (Lipinski definition) is 4. The highest BCUT2D eigenvalue weighted by Gasteiger charge is 2.17. The minimum atomic E-state index is -0.969. The third-order valence-corrected chi connectivity index (χ3v) is 2.26. The Balaban J connectivity index is 2.97. The Morgan fingerprint density at radius 1 is 1.33 bits per heavy atom. The molecule has 0 spiro atoms. The molecule has 0 fully saturated rings. The van der Waals surface area contributed by atoms with Crippen LogP contribution >= 0.6 is 0 Å². The van der Waals surface area contributed by atoms with E-state index in [4.69, 9.17) is 10.5 Å². The molecule has 4 heteroatoms. The van der Waals surface area contributed by atoms with Gasteiger partial charge in [-0.25, -0.2) is 0 Å². The summed E-state index contributed by atoms with van der Waals surface area (Å²) in [6.07, 6.45) is -1.92. The third-order valence-electron chi connectivity index (χ3n) is 2.26. The van der Waals surface area contributed by atoms with Crippen molar-refractivity contribution in [3.05, 3.63) is 29.3 Å². The van der Waals surface area contributed by atoms with E-state index in [1.165, 1.54) is 0 Å². The van der Waals surface area contributed by atoms with E-state index in [0.717, 1.165) is 5.56 Å². The van der Waals surface area contributed by atoms with Gasteiger partial charge in [0.15, 0.2) is 0 Å². The molecule has 0 aliphatic carbocycles. The molecule has 2 unspecified atom stereocenters. The van der Waals surface area contributed by atoms with Crippen LogP contribution in [0, 0.1) is 6.92 Å². The molecule has 4 N–H and O–H groups in total. The lowest BCUT2D eigenvalue weighted by Gasteiger charge is -2.17. The average Bonchev–Trinajstić information content (AvgIpc) is 2.26. The van der Waals surface area contributed by atoms with Gasteiger partial charge in [-0.1, -0.05) is 6.07 Å². The first-order valence-electron chi connectivity index (χ1n) is 4.80. The van der Waals surface area contributed by atoms with Crippen LogP contribution in [0.2, 0.25) is 0 Å². The van der Waals surface area contributed by atoms with Crippen molar-refractivity contribution < 1.29 is 14.9 Å². The van der Waals surface area contributed by atoms with Crippen molar-refractivity contribution >= 4 is 0 Å². The lowest BCUT2D eigenvalue weighted by Crippen LogP contribution is -2.27. The number of ether oxygens (including phenoxy) is 1. The predicted octanol–water partition coefficient (Wildman–Crippen LogP) is 0.357. The van der Waals surface area contributed by atoms with Crippen LogP contribution in [-0.4, -0.2) is 30.0 Å². The summed E-state index contributed by atoms with van der Waals surface area (Å²) >= 11 is 0. The second-order valence-electron chi connectivity index (χ2n) is 3.53. The molecule has 0 saturated heterocycles. The SMILES string of the molecule is COc1cc(C)cc(C(O)C(O)CN)c1. The monoisotopic (exact) mass is 211 g/mol. The van der Waals surface area contributed by atoms with Gasteiger partial charge in [-0.3, -0.25) is 0 Å². The molecule has 1 aromatic carbocycles. The van der Waals surface area contributed by atoms with Gasteiger partial charge in [0.1, 0.15) is 11.9 Å². The molecule has 2 atom stereocenters. The molecule has 0 aromatic heterocycles. The molecule has 1 rings (SSSR count). The number of aliphatic hydroxyl groups is 2. The summed E-state index contributed by atoms with van der Waals surface area (Å²) in [6, 6.07) is 5.34. The van der Waals surface area contributed by atoms with Crippen LogP contribution in [0.5, 0.6) is 5.75 Å². The minimum Gasteiger partial charge on any atom is -0.497 e. The van der Waals surface area contributed by atoms with Gasteiger partial charge in [-0.15, -0.1) is 0 Å². The molecular formula is C11H17NO3. The Kier molecular flexibility index (Phi) is 4.08. The average molecular weight is 211 g/mol. The highest BCUT2D eigenvalue weighted by molar-refractivity contribution is 5.35. The highest BCUT2D eigenvalue weighted by Crippen LogP contribution is 2.23. The second kappa shape index (κ2) is 5.11. The number of rotatable bonds is 4. The van der Waals surface area contributed by atoms with Gasteiger partial charge >= 0.3 is 0 Å². The Hall–Kier alpha value is -1.10. The maximum Gasteiger partial charge on any atom is 0.119 e. The summed E-state index contributed by atoms with van der Waals surface area (Å²) in [5.41, 5.74) is 6.86. The van der Waals surface area contributed by atoms with Crippen LogP contribution in [0.15, 0.2) is 18.2 Å². The number of benzene rings is 1. The van der Waals surface area contributed by atoms with Crippen molar-refractivity contribution in [3.8, 4) is 5.75 Å². The van der Waals surface area contributed by atoms with Crippen LogP contribution in [0.4, 0.5) is 0 Å². The summed E-state index contributed by atoms with van der Waals surface area (Å²) in [6.45, 7) is 1.92. The fourth-order valence-electron chi connectivity index (χ4n) is 1.42. The van der Waals surface area contributed by atoms with Crippen molar-refractivity contribution in [3.63, 3.8) is 0 Å². The van der Waals surface area contributed by atoms with Gasteiger partial charge in [-0.2, -0.15) is 0 Å². The van der Waals surface area contributed by atoms with E-state index in [1.807, 2.05) is 13.0 Å². The highest BCUT2D eigenvalue weighted by atomic mass is 16.5. The van der Waals surface area contributed by atoms with E-state index in [9.17, 15) is 10.2 Å². The lowest BCUT2D eigenvalue weighted by molar-refractivity contribution is 0.0242. The van der Waals surface area contributed by atoms with Crippen LogP contribution in [0.1, 0.15) is 17.2 Å². The van der Waals surface area contributed by atoms with Crippen LogP contribution < -0.4 is 10.5 Å². The zero-order valence-corrected chi connectivity index (χ0v) is 8.97. The number of aliphatic hydroxyl groups excluding tert-OH is 2. The quantitative estimate of drug-likeness (QED) is 0.672. The number of nitrogens with two attached hydrogens (primary N) is 1. The molecule has 84 valence electrons. The van der Waals surface area contributed by atoms with Crippen LogP contribution in [0.25, 0.3) is 0 Å². The molecule has 1 aromatic rings. The first-order valence-corrected chi connectivity index (χ1v) is 4.80. The van der Waals surface area contributed by atoms with Crippen molar-refractivity contribution in [2.45, 2.75) is 19.1 Å². The smallest absolute Gasteiger partial charge is 0.119 e. The summed E-state index contributed by atoms with van der Waals surface area (Å²) in [5.74, 6) is 0.660. The first-order chi connectivity index (χ1) is 7.08. The molecule has 0 amide bonds. The number of hydrogen-bond donors (Lipinski definition) is 3. The van der Waals surface area contributed by atoms with E-state index in [-0.39, 0.29) is 6.54 Å². The summed E-state index contributed by atoms with van der Waals surface area (Å²) in [5, 5.41) is 19.2. The van der Waals surface area contributed by atoms with Gasteiger partial charge in [-0.05, 0) is 30.2 Å². The summed E-state index contributed by atoms with van der Waals surface area (Å²) in [7, 11) is 1.56. The minimum absolute atomic E-state index is 0.0252. The van der Waals surface area contributed by atoms with Crippen molar-refractivity contribution in [1.82, 2.24) is 0 Å². The normalized spacial score (nSPS) is 14.7. The van der Waals surface area contributed by atoms with Gasteiger partial charge < -0.3 is 20.7 Å². The molecule has 0 saturated carbocycles. The Morgan fingerprint density at radius 2 is 2.00 bits per heavy atom. The first kappa shape index (κ1) is 12.0. The van der Waals surface area contributed by atoms with Crippen LogP contribution in [0.3, 0.4) is 0 Å². The molecular weight excluding hydrogens is 194 g/mol. The molecule has 0 aliphatic heterocycles. The lowest BCUT2D eigenvalue weighted by atomic mass is 10.0.